The first-order valence-electron chi connectivity index (χ1n) is 12.0. The van der Waals surface area contributed by atoms with Gasteiger partial charge in [0.1, 0.15) is 0 Å². The van der Waals surface area contributed by atoms with Crippen molar-refractivity contribution in [3.63, 3.8) is 0 Å². The fraction of sp³-hybridized carbons (Fsp3) is 0.917. The Balaban J connectivity index is 3.35. The molecular formula is C24H49NO3. The molecule has 0 saturated heterocycles. The van der Waals surface area contributed by atoms with E-state index in [0.717, 1.165) is 13.1 Å². The van der Waals surface area contributed by atoms with Crippen molar-refractivity contribution in [1.29, 1.82) is 0 Å². The Kier molecular flexibility index (Phi) is 24.2. The first-order valence-corrected chi connectivity index (χ1v) is 12.0. The predicted octanol–water partition coefficient (Wildman–Crippen LogP) is 5.33. The van der Waals surface area contributed by atoms with Crippen LogP contribution in [-0.4, -0.2) is 61.2 Å². The molecule has 4 nitrogen and oxygen atoms in total. The summed E-state index contributed by atoms with van der Waals surface area (Å²) in [6, 6.07) is 0. The van der Waals surface area contributed by atoms with Gasteiger partial charge in [-0.05, 0) is 38.6 Å². The maximum Gasteiger partial charge on any atom is 0.0698 e. The fourth-order valence-electron chi connectivity index (χ4n) is 3.42. The Morgan fingerprint density at radius 1 is 0.607 bits per heavy atom. The van der Waals surface area contributed by atoms with E-state index < -0.39 is 0 Å². The Hall–Kier alpha value is -0.420. The summed E-state index contributed by atoms with van der Waals surface area (Å²) >= 11 is 0. The fourth-order valence-corrected chi connectivity index (χ4v) is 3.42. The maximum absolute atomic E-state index is 9.15. The van der Waals surface area contributed by atoms with Crippen molar-refractivity contribution in [2.45, 2.75) is 96.8 Å². The third-order valence-electron chi connectivity index (χ3n) is 5.19. The summed E-state index contributed by atoms with van der Waals surface area (Å²) in [5, 5.41) is 17.9. The Morgan fingerprint density at radius 3 is 1.75 bits per heavy atom. The van der Waals surface area contributed by atoms with Gasteiger partial charge >= 0.3 is 0 Å². The minimum atomic E-state index is 0.0783. The summed E-state index contributed by atoms with van der Waals surface area (Å²) in [7, 11) is 0. The average molecular weight is 400 g/mol. The van der Waals surface area contributed by atoms with Crippen molar-refractivity contribution in [3.8, 4) is 0 Å². The summed E-state index contributed by atoms with van der Waals surface area (Å²) in [5.41, 5.74) is 0. The summed E-state index contributed by atoms with van der Waals surface area (Å²) in [4.78, 5) is 2.26. The van der Waals surface area contributed by atoms with Gasteiger partial charge in [-0.25, -0.2) is 0 Å². The van der Waals surface area contributed by atoms with E-state index in [1.54, 1.807) is 0 Å². The van der Waals surface area contributed by atoms with Gasteiger partial charge < -0.3 is 14.9 Å². The quantitative estimate of drug-likeness (QED) is 0.180. The molecule has 0 fully saturated rings. The molecule has 0 unspecified atom stereocenters. The molecule has 0 aliphatic heterocycles. The van der Waals surface area contributed by atoms with Crippen molar-refractivity contribution in [1.82, 2.24) is 4.90 Å². The molecule has 0 radical (unpaired) electrons. The lowest BCUT2D eigenvalue weighted by atomic mass is 10.1. The molecule has 0 spiro atoms. The van der Waals surface area contributed by atoms with Crippen LogP contribution in [0.2, 0.25) is 0 Å². The van der Waals surface area contributed by atoms with Gasteiger partial charge in [-0.2, -0.15) is 0 Å². The molecule has 0 rings (SSSR count). The number of hydrogen-bond acceptors (Lipinski definition) is 4. The van der Waals surface area contributed by atoms with E-state index in [1.165, 1.54) is 89.9 Å². The molecule has 2 N–H and O–H groups in total. The first kappa shape index (κ1) is 27.6. The van der Waals surface area contributed by atoms with Crippen molar-refractivity contribution in [2.24, 2.45) is 0 Å². The second-order valence-electron chi connectivity index (χ2n) is 7.84. The van der Waals surface area contributed by atoms with Crippen LogP contribution in [0.25, 0.3) is 0 Å². The highest BCUT2D eigenvalue weighted by Crippen LogP contribution is 2.10. The third kappa shape index (κ3) is 21.9. The smallest absolute Gasteiger partial charge is 0.0698 e. The molecule has 0 heterocycles. The molecule has 0 aromatic heterocycles. The summed E-state index contributed by atoms with van der Waals surface area (Å²) < 4.78 is 5.31. The van der Waals surface area contributed by atoms with E-state index in [2.05, 4.69) is 24.0 Å². The SMILES string of the molecule is CCCCCCCC/C=C\CCCCCCCCN(CCO)CCOCCO. The number of ether oxygens (including phenoxy) is 1. The van der Waals surface area contributed by atoms with Gasteiger partial charge in [0, 0.05) is 13.1 Å². The highest BCUT2D eigenvalue weighted by atomic mass is 16.5. The van der Waals surface area contributed by atoms with Gasteiger partial charge in [0.05, 0.1) is 26.4 Å². The van der Waals surface area contributed by atoms with Crippen molar-refractivity contribution < 1.29 is 14.9 Å². The lowest BCUT2D eigenvalue weighted by Gasteiger charge is -2.21. The molecule has 168 valence electrons. The molecule has 0 aromatic carbocycles. The molecule has 0 aromatic rings. The average Bonchev–Trinajstić information content (AvgIpc) is 2.70. The van der Waals surface area contributed by atoms with Crippen molar-refractivity contribution in [2.75, 3.05) is 46.1 Å². The minimum absolute atomic E-state index is 0.0783. The maximum atomic E-state index is 9.15. The summed E-state index contributed by atoms with van der Waals surface area (Å²) in [5.74, 6) is 0. The monoisotopic (exact) mass is 399 g/mol. The lowest BCUT2D eigenvalue weighted by Crippen LogP contribution is -2.31. The van der Waals surface area contributed by atoms with E-state index in [4.69, 9.17) is 14.9 Å². The van der Waals surface area contributed by atoms with Crippen LogP contribution in [0.4, 0.5) is 0 Å². The molecular weight excluding hydrogens is 350 g/mol. The molecule has 0 aliphatic carbocycles. The minimum Gasteiger partial charge on any atom is -0.395 e. The highest BCUT2D eigenvalue weighted by Gasteiger charge is 2.03. The number of rotatable bonds is 23. The lowest BCUT2D eigenvalue weighted by molar-refractivity contribution is 0.0689. The highest BCUT2D eigenvalue weighted by molar-refractivity contribution is 4.81. The molecule has 0 amide bonds. The van der Waals surface area contributed by atoms with Gasteiger partial charge in [0.25, 0.3) is 0 Å². The van der Waals surface area contributed by atoms with Crippen LogP contribution in [0.3, 0.4) is 0 Å². The Bertz CT molecular complexity index is 310. The van der Waals surface area contributed by atoms with Crippen LogP contribution in [0.5, 0.6) is 0 Å². The molecule has 0 saturated carbocycles. The topological polar surface area (TPSA) is 52.9 Å². The van der Waals surface area contributed by atoms with Crippen LogP contribution < -0.4 is 0 Å². The van der Waals surface area contributed by atoms with E-state index in [0.29, 0.717) is 19.8 Å². The van der Waals surface area contributed by atoms with E-state index in [9.17, 15) is 0 Å². The number of hydrogen-bond donors (Lipinski definition) is 2. The second-order valence-corrected chi connectivity index (χ2v) is 7.84. The number of aliphatic hydroxyl groups excluding tert-OH is 2. The first-order chi connectivity index (χ1) is 13.8. The summed E-state index contributed by atoms with van der Waals surface area (Å²) in [6.07, 6.45) is 23.4. The number of unbranched alkanes of at least 4 members (excludes halogenated alkanes) is 12. The Morgan fingerprint density at radius 2 is 1.18 bits per heavy atom. The zero-order valence-electron chi connectivity index (χ0n) is 18.8. The standard InChI is InChI=1S/C24H49NO3/c1-2-3-4-5-6-7-8-9-10-11-12-13-14-15-16-17-18-25(19-21-26)20-23-28-24-22-27/h9-10,26-27H,2-8,11-24H2,1H3/b10-9-. The van der Waals surface area contributed by atoms with Gasteiger partial charge in [-0.15, -0.1) is 0 Å². The second kappa shape index (κ2) is 24.6. The number of nitrogens with zero attached hydrogens (tertiary/aromatic N) is 1. The van der Waals surface area contributed by atoms with Gasteiger partial charge in [0.15, 0.2) is 0 Å². The summed E-state index contributed by atoms with van der Waals surface area (Å²) in [6.45, 7) is 6.17. The van der Waals surface area contributed by atoms with Crippen molar-refractivity contribution >= 4 is 0 Å². The third-order valence-corrected chi connectivity index (χ3v) is 5.19. The van der Waals surface area contributed by atoms with E-state index in [-0.39, 0.29) is 13.2 Å². The number of allylic oxidation sites excluding steroid dienone is 2. The van der Waals surface area contributed by atoms with E-state index in [1.807, 2.05) is 0 Å². The van der Waals surface area contributed by atoms with Crippen molar-refractivity contribution in [3.05, 3.63) is 12.2 Å². The van der Waals surface area contributed by atoms with Gasteiger partial charge in [-0.3, -0.25) is 4.90 Å². The molecule has 4 heteroatoms. The van der Waals surface area contributed by atoms with Crippen LogP contribution in [0.1, 0.15) is 96.8 Å². The molecule has 0 aliphatic rings. The van der Waals surface area contributed by atoms with Crippen LogP contribution in [-0.2, 0) is 4.74 Å². The van der Waals surface area contributed by atoms with Crippen LogP contribution in [0, 0.1) is 0 Å². The number of aliphatic hydroxyl groups is 2. The molecule has 28 heavy (non-hydrogen) atoms. The largest absolute Gasteiger partial charge is 0.395 e. The zero-order chi connectivity index (χ0) is 20.5. The van der Waals surface area contributed by atoms with Gasteiger partial charge in [-0.1, -0.05) is 76.9 Å². The molecule has 0 atom stereocenters. The predicted molar refractivity (Wildman–Crippen MR) is 121 cm³/mol. The van der Waals surface area contributed by atoms with Gasteiger partial charge in [0.2, 0.25) is 0 Å². The normalized spacial score (nSPS) is 11.9. The van der Waals surface area contributed by atoms with Crippen LogP contribution >= 0.6 is 0 Å². The van der Waals surface area contributed by atoms with Crippen LogP contribution in [0.15, 0.2) is 12.2 Å². The van der Waals surface area contributed by atoms with E-state index >= 15 is 0 Å². The Labute approximate surface area is 175 Å². The molecule has 0 bridgehead atoms. The zero-order valence-corrected chi connectivity index (χ0v) is 18.8.